The molecule has 1 aliphatic rings. The van der Waals surface area contributed by atoms with Gasteiger partial charge in [-0.2, -0.15) is 0 Å². The molecule has 1 rings (SSSR count). The molecule has 0 spiro atoms. The molecule has 12 heavy (non-hydrogen) atoms. The quantitative estimate of drug-likeness (QED) is 0.586. The molecule has 0 aromatic carbocycles. The van der Waals surface area contributed by atoms with Gasteiger partial charge in [-0.05, 0) is 30.6 Å². The van der Waals surface area contributed by atoms with Crippen molar-refractivity contribution in [2.24, 2.45) is 11.3 Å². The van der Waals surface area contributed by atoms with Gasteiger partial charge >= 0.3 is 0 Å². The number of hydrogen-bond donors (Lipinski definition) is 0. The summed E-state index contributed by atoms with van der Waals surface area (Å²) in [4.78, 5) is 0. The molecule has 0 radical (unpaired) electrons. The van der Waals surface area contributed by atoms with Crippen LogP contribution in [-0.4, -0.2) is 0 Å². The summed E-state index contributed by atoms with van der Waals surface area (Å²) in [5.74, 6) is 0.987. The highest BCUT2D eigenvalue weighted by Gasteiger charge is 2.29. The Morgan fingerprint density at radius 3 is 2.75 bits per heavy atom. The molecule has 0 aromatic rings. The molecule has 0 aliphatic heterocycles. The lowest BCUT2D eigenvalue weighted by atomic mass is 9.69. The molecule has 72 valence electrons. The summed E-state index contributed by atoms with van der Waals surface area (Å²) in [6.45, 7) is 7.22. The maximum Gasteiger partial charge on any atom is -0.0323 e. The Morgan fingerprint density at radius 1 is 1.42 bits per heavy atom. The lowest BCUT2D eigenvalue weighted by Crippen LogP contribution is -2.24. The van der Waals surface area contributed by atoms with Gasteiger partial charge in [0.1, 0.15) is 0 Å². The second-order valence-corrected chi connectivity index (χ2v) is 5.12. The summed E-state index contributed by atoms with van der Waals surface area (Å²) < 4.78 is 0. The van der Waals surface area contributed by atoms with Gasteiger partial charge in [-0.3, -0.25) is 0 Å². The Bertz CT molecular complexity index is 128. The van der Waals surface area contributed by atoms with Crippen molar-refractivity contribution in [3.8, 4) is 0 Å². The summed E-state index contributed by atoms with van der Waals surface area (Å²) in [5, 5.41) is 0. The number of rotatable bonds is 3. The van der Waals surface area contributed by atoms with Crippen LogP contribution in [0.3, 0.4) is 0 Å². The predicted molar refractivity (Wildman–Crippen MR) is 55.3 cm³/mol. The smallest absolute Gasteiger partial charge is 0.0323 e. The zero-order chi connectivity index (χ0) is 9.03. The van der Waals surface area contributed by atoms with Crippen molar-refractivity contribution in [1.29, 1.82) is 0 Å². The van der Waals surface area contributed by atoms with Crippen LogP contribution in [0.2, 0.25) is 0 Å². The van der Waals surface area contributed by atoms with E-state index >= 15 is 0 Å². The molecule has 0 heterocycles. The topological polar surface area (TPSA) is 0 Å². The highest BCUT2D eigenvalue weighted by Crippen LogP contribution is 2.42. The van der Waals surface area contributed by atoms with Crippen molar-refractivity contribution >= 4 is 0 Å². The Labute approximate surface area is 77.7 Å². The van der Waals surface area contributed by atoms with Crippen LogP contribution in [0.1, 0.15) is 65.7 Å². The Hall–Kier alpha value is 0. The van der Waals surface area contributed by atoms with E-state index in [1.165, 1.54) is 44.9 Å². The third-order valence-corrected chi connectivity index (χ3v) is 3.45. The van der Waals surface area contributed by atoms with Gasteiger partial charge in [0.05, 0.1) is 0 Å². The van der Waals surface area contributed by atoms with E-state index in [2.05, 4.69) is 20.8 Å². The van der Waals surface area contributed by atoms with E-state index in [9.17, 15) is 0 Å². The van der Waals surface area contributed by atoms with E-state index in [-0.39, 0.29) is 0 Å². The largest absolute Gasteiger partial charge is 0.0654 e. The second-order valence-electron chi connectivity index (χ2n) is 5.12. The molecule has 2 atom stereocenters. The van der Waals surface area contributed by atoms with Gasteiger partial charge in [0.2, 0.25) is 0 Å². The van der Waals surface area contributed by atoms with Crippen LogP contribution >= 0.6 is 0 Å². The molecule has 1 aliphatic carbocycles. The predicted octanol–water partition coefficient (Wildman–Crippen LogP) is 4.39. The molecule has 0 saturated heterocycles. The highest BCUT2D eigenvalue weighted by molar-refractivity contribution is 4.81. The van der Waals surface area contributed by atoms with Gasteiger partial charge in [0.15, 0.2) is 0 Å². The van der Waals surface area contributed by atoms with E-state index in [0.717, 1.165) is 5.92 Å². The monoisotopic (exact) mass is 168 g/mol. The lowest BCUT2D eigenvalue weighted by molar-refractivity contribution is 0.151. The van der Waals surface area contributed by atoms with Crippen LogP contribution in [0.4, 0.5) is 0 Å². The van der Waals surface area contributed by atoms with Crippen molar-refractivity contribution in [3.63, 3.8) is 0 Å². The molecule has 0 bridgehead atoms. The fraction of sp³-hybridized carbons (Fsp3) is 1.00. The van der Waals surface area contributed by atoms with Crippen molar-refractivity contribution in [2.75, 3.05) is 0 Å². The van der Waals surface area contributed by atoms with Gasteiger partial charge in [-0.25, -0.2) is 0 Å². The van der Waals surface area contributed by atoms with Crippen molar-refractivity contribution in [2.45, 2.75) is 65.7 Å². The highest BCUT2D eigenvalue weighted by atomic mass is 14.3. The van der Waals surface area contributed by atoms with Crippen LogP contribution in [0.25, 0.3) is 0 Å². The van der Waals surface area contributed by atoms with E-state index < -0.39 is 0 Å². The maximum atomic E-state index is 2.50. The summed E-state index contributed by atoms with van der Waals surface area (Å²) in [6, 6.07) is 0. The fourth-order valence-corrected chi connectivity index (χ4v) is 2.75. The first-order chi connectivity index (χ1) is 5.66. The number of unbranched alkanes of at least 4 members (excludes halogenated alkanes) is 1. The summed E-state index contributed by atoms with van der Waals surface area (Å²) in [7, 11) is 0. The van der Waals surface area contributed by atoms with Crippen LogP contribution in [0.15, 0.2) is 0 Å². The van der Waals surface area contributed by atoms with E-state index in [4.69, 9.17) is 0 Å². The van der Waals surface area contributed by atoms with Gasteiger partial charge in [0.25, 0.3) is 0 Å². The van der Waals surface area contributed by atoms with Crippen molar-refractivity contribution < 1.29 is 0 Å². The Morgan fingerprint density at radius 2 is 2.17 bits per heavy atom. The molecule has 0 heteroatoms. The minimum Gasteiger partial charge on any atom is -0.0654 e. The molecule has 1 saturated carbocycles. The fourth-order valence-electron chi connectivity index (χ4n) is 2.75. The normalized spacial score (nSPS) is 36.8. The van der Waals surface area contributed by atoms with Crippen LogP contribution in [-0.2, 0) is 0 Å². The molecule has 0 N–H and O–H groups in total. The maximum absolute atomic E-state index is 2.50. The first kappa shape index (κ1) is 10.1. The standard InChI is InChI=1S/C12H24/c1-4-5-8-12(3)9-6-7-11(2)10-12/h11H,4-10H2,1-3H3. The molecule has 1 fully saturated rings. The minimum absolute atomic E-state index is 0.702. The molecule has 0 nitrogen and oxygen atoms in total. The van der Waals surface area contributed by atoms with Gasteiger partial charge in [-0.1, -0.05) is 46.5 Å². The van der Waals surface area contributed by atoms with Gasteiger partial charge < -0.3 is 0 Å². The zero-order valence-corrected chi connectivity index (χ0v) is 9.03. The first-order valence-corrected chi connectivity index (χ1v) is 5.66. The molecular weight excluding hydrogens is 144 g/mol. The molecule has 0 amide bonds. The average molecular weight is 168 g/mol. The van der Waals surface area contributed by atoms with Crippen LogP contribution < -0.4 is 0 Å². The van der Waals surface area contributed by atoms with Crippen LogP contribution in [0.5, 0.6) is 0 Å². The number of hydrogen-bond acceptors (Lipinski definition) is 0. The third kappa shape index (κ3) is 2.80. The van der Waals surface area contributed by atoms with Gasteiger partial charge in [-0.15, -0.1) is 0 Å². The van der Waals surface area contributed by atoms with E-state index in [1.807, 2.05) is 0 Å². The van der Waals surface area contributed by atoms with E-state index in [0.29, 0.717) is 5.41 Å². The molecular formula is C12H24. The molecule has 2 unspecified atom stereocenters. The first-order valence-electron chi connectivity index (χ1n) is 5.66. The van der Waals surface area contributed by atoms with Crippen molar-refractivity contribution in [3.05, 3.63) is 0 Å². The SMILES string of the molecule is CCCCC1(C)CCCC(C)C1. The Kier molecular flexibility index (Phi) is 3.61. The summed E-state index contributed by atoms with van der Waals surface area (Å²) >= 11 is 0. The molecule has 0 aromatic heterocycles. The summed E-state index contributed by atoms with van der Waals surface area (Å²) in [6.07, 6.45) is 10.2. The third-order valence-electron chi connectivity index (χ3n) is 3.45. The van der Waals surface area contributed by atoms with E-state index in [1.54, 1.807) is 0 Å². The Balaban J connectivity index is 2.35. The average Bonchev–Trinajstić information content (AvgIpc) is 2.01. The summed E-state index contributed by atoms with van der Waals surface area (Å²) in [5.41, 5.74) is 0.702. The van der Waals surface area contributed by atoms with Gasteiger partial charge in [0, 0.05) is 0 Å². The second kappa shape index (κ2) is 4.30. The zero-order valence-electron chi connectivity index (χ0n) is 9.03. The minimum atomic E-state index is 0.702. The lowest BCUT2D eigenvalue weighted by Gasteiger charge is -2.37. The van der Waals surface area contributed by atoms with Crippen LogP contribution in [0, 0.1) is 11.3 Å². The van der Waals surface area contributed by atoms with Crippen molar-refractivity contribution in [1.82, 2.24) is 0 Å².